The third kappa shape index (κ3) is 3.53. The van der Waals surface area contributed by atoms with Crippen molar-refractivity contribution >= 4 is 21.7 Å². The zero-order valence-electron chi connectivity index (χ0n) is 16.1. The average Bonchev–Trinajstić information content (AvgIpc) is 3.10. The van der Waals surface area contributed by atoms with Gasteiger partial charge in [0.1, 0.15) is 0 Å². The van der Waals surface area contributed by atoms with E-state index in [9.17, 15) is 13.2 Å². The van der Waals surface area contributed by atoms with Crippen LogP contribution in [-0.2, 0) is 14.8 Å². The molecule has 4 heterocycles. The summed E-state index contributed by atoms with van der Waals surface area (Å²) in [7, 11) is -3.20. The van der Waals surface area contributed by atoms with E-state index in [2.05, 4.69) is 15.3 Å². The van der Waals surface area contributed by atoms with Gasteiger partial charge in [-0.1, -0.05) is 0 Å². The summed E-state index contributed by atoms with van der Waals surface area (Å²) in [5, 5.41) is 2.67. The van der Waals surface area contributed by atoms with E-state index in [0.29, 0.717) is 74.8 Å². The summed E-state index contributed by atoms with van der Waals surface area (Å²) in [6, 6.07) is 0. The SMILES string of the molecule is O=C(NCCC1[C@H]2CN(S(=O)(=O)C3CCOCC3)C[C@@H]12)c1cnc2nccn2c1. The van der Waals surface area contributed by atoms with Gasteiger partial charge in [0.05, 0.1) is 10.8 Å². The first-order chi connectivity index (χ1) is 14.0. The molecule has 1 saturated carbocycles. The fourth-order valence-electron chi connectivity index (χ4n) is 4.82. The summed E-state index contributed by atoms with van der Waals surface area (Å²) >= 11 is 0. The first kappa shape index (κ1) is 19.0. The van der Waals surface area contributed by atoms with Crippen LogP contribution in [0.2, 0.25) is 0 Å². The van der Waals surface area contributed by atoms with Crippen LogP contribution in [-0.4, -0.2) is 71.1 Å². The standard InChI is InChI=1S/C19H25N5O4S/c25-18(13-9-22-19-21-5-6-23(19)10-13)20-4-1-15-16-11-24(12-17(15)16)29(26,27)14-2-7-28-8-3-14/h5-6,9-10,14-17H,1-4,7-8,11-12H2,(H,20,25)/t15?,16-,17+. The molecule has 2 saturated heterocycles. The number of fused-ring (bicyclic) bond motifs is 2. The van der Waals surface area contributed by atoms with E-state index in [0.717, 1.165) is 6.42 Å². The third-order valence-corrected chi connectivity index (χ3v) is 8.89. The van der Waals surface area contributed by atoms with Crippen molar-refractivity contribution in [1.82, 2.24) is 24.0 Å². The Bertz CT molecular complexity index is 1000. The highest BCUT2D eigenvalue weighted by molar-refractivity contribution is 7.89. The number of rotatable bonds is 6. The first-order valence-corrected chi connectivity index (χ1v) is 11.7. The lowest BCUT2D eigenvalue weighted by atomic mass is 10.2. The lowest BCUT2D eigenvalue weighted by molar-refractivity contribution is 0.0950. The highest BCUT2D eigenvalue weighted by Crippen LogP contribution is 2.54. The Kier molecular flexibility index (Phi) is 4.79. The van der Waals surface area contributed by atoms with Gasteiger partial charge < -0.3 is 10.1 Å². The van der Waals surface area contributed by atoms with Gasteiger partial charge in [-0.25, -0.2) is 22.7 Å². The van der Waals surface area contributed by atoms with Crippen molar-refractivity contribution in [1.29, 1.82) is 0 Å². The van der Waals surface area contributed by atoms with Gasteiger partial charge in [0, 0.05) is 57.6 Å². The molecule has 0 spiro atoms. The van der Waals surface area contributed by atoms with Crippen LogP contribution in [0.3, 0.4) is 0 Å². The number of hydrogen-bond acceptors (Lipinski definition) is 6. The zero-order chi connectivity index (χ0) is 20.0. The van der Waals surface area contributed by atoms with Gasteiger partial charge in [0.25, 0.3) is 5.91 Å². The van der Waals surface area contributed by atoms with Crippen LogP contribution in [0.5, 0.6) is 0 Å². The molecular formula is C19H25N5O4S. The number of aromatic nitrogens is 3. The normalized spacial score (nSPS) is 27.8. The zero-order valence-corrected chi connectivity index (χ0v) is 16.9. The summed E-state index contributed by atoms with van der Waals surface area (Å²) in [4.78, 5) is 20.6. The Labute approximate surface area is 169 Å². The van der Waals surface area contributed by atoms with Gasteiger partial charge in [-0.2, -0.15) is 0 Å². The summed E-state index contributed by atoms with van der Waals surface area (Å²) < 4.78 is 34.3. The summed E-state index contributed by atoms with van der Waals surface area (Å²) in [5.41, 5.74) is 0.500. The van der Waals surface area contributed by atoms with E-state index in [4.69, 9.17) is 4.74 Å². The largest absolute Gasteiger partial charge is 0.381 e. The topological polar surface area (TPSA) is 106 Å². The molecule has 0 radical (unpaired) electrons. The molecule has 1 amide bonds. The van der Waals surface area contributed by atoms with E-state index < -0.39 is 10.0 Å². The number of sulfonamides is 1. The number of carbonyl (C=O) groups excluding carboxylic acids is 1. The molecule has 9 nitrogen and oxygen atoms in total. The number of ether oxygens (including phenoxy) is 1. The quantitative estimate of drug-likeness (QED) is 0.732. The van der Waals surface area contributed by atoms with Gasteiger partial charge in [-0.3, -0.25) is 9.20 Å². The predicted molar refractivity (Wildman–Crippen MR) is 105 cm³/mol. The van der Waals surface area contributed by atoms with Crippen LogP contribution >= 0.6 is 0 Å². The fourth-order valence-corrected chi connectivity index (χ4v) is 6.79. The Hall–Kier alpha value is -2.04. The molecule has 2 aromatic rings. The molecule has 0 bridgehead atoms. The number of carbonyl (C=O) groups is 1. The molecule has 0 aromatic carbocycles. The van der Waals surface area contributed by atoms with E-state index in [1.54, 1.807) is 27.3 Å². The van der Waals surface area contributed by atoms with Crippen LogP contribution < -0.4 is 5.32 Å². The minimum absolute atomic E-state index is 0.150. The van der Waals surface area contributed by atoms with Crippen molar-refractivity contribution in [2.45, 2.75) is 24.5 Å². The molecule has 3 fully saturated rings. The molecule has 1 N–H and O–H groups in total. The second-order valence-electron chi connectivity index (χ2n) is 8.19. The van der Waals surface area contributed by atoms with Gasteiger partial charge in [0.2, 0.25) is 15.8 Å². The smallest absolute Gasteiger partial charge is 0.254 e. The third-order valence-electron chi connectivity index (χ3n) is 6.56. The lowest BCUT2D eigenvalue weighted by Gasteiger charge is -2.28. The van der Waals surface area contributed by atoms with Gasteiger partial charge in [0.15, 0.2) is 0 Å². The lowest BCUT2D eigenvalue weighted by Crippen LogP contribution is -2.41. The molecule has 2 aromatic heterocycles. The van der Waals surface area contributed by atoms with Crippen molar-refractivity contribution in [3.8, 4) is 0 Å². The monoisotopic (exact) mass is 419 g/mol. The number of nitrogens with zero attached hydrogens (tertiary/aromatic N) is 4. The van der Waals surface area contributed by atoms with Crippen molar-refractivity contribution < 1.29 is 17.9 Å². The maximum absolute atomic E-state index is 12.8. The van der Waals surface area contributed by atoms with Crippen LogP contribution in [0, 0.1) is 17.8 Å². The second kappa shape index (κ2) is 7.33. The Morgan fingerprint density at radius 2 is 1.97 bits per heavy atom. The van der Waals surface area contributed by atoms with E-state index >= 15 is 0 Å². The van der Waals surface area contributed by atoms with E-state index in [1.807, 2.05) is 0 Å². The maximum atomic E-state index is 12.8. The number of piperidine rings is 1. The minimum Gasteiger partial charge on any atom is -0.381 e. The molecule has 156 valence electrons. The molecule has 3 aliphatic rings. The summed E-state index contributed by atoms with van der Waals surface area (Å²) in [5.74, 6) is 1.79. The van der Waals surface area contributed by atoms with Crippen molar-refractivity contribution in [2.24, 2.45) is 17.8 Å². The Morgan fingerprint density at radius 3 is 2.72 bits per heavy atom. The summed E-state index contributed by atoms with van der Waals surface area (Å²) in [6.45, 7) is 2.92. The second-order valence-corrected chi connectivity index (χ2v) is 10.4. The van der Waals surface area contributed by atoms with E-state index in [1.165, 1.54) is 6.20 Å². The summed E-state index contributed by atoms with van der Waals surface area (Å²) in [6.07, 6.45) is 8.73. The van der Waals surface area contributed by atoms with Crippen LogP contribution in [0.4, 0.5) is 0 Å². The number of nitrogens with one attached hydrogen (secondary N) is 1. The van der Waals surface area contributed by atoms with Crippen LogP contribution in [0.15, 0.2) is 24.8 Å². The number of imidazole rings is 1. The average molecular weight is 420 g/mol. The molecule has 29 heavy (non-hydrogen) atoms. The van der Waals surface area contributed by atoms with Crippen molar-refractivity contribution in [3.05, 3.63) is 30.4 Å². The fraction of sp³-hybridized carbons (Fsp3) is 0.632. The highest BCUT2D eigenvalue weighted by Gasteiger charge is 2.57. The molecule has 5 rings (SSSR count). The van der Waals surface area contributed by atoms with Crippen molar-refractivity contribution in [2.75, 3.05) is 32.8 Å². The Morgan fingerprint density at radius 1 is 1.21 bits per heavy atom. The van der Waals surface area contributed by atoms with E-state index in [-0.39, 0.29) is 11.2 Å². The molecule has 3 atom stereocenters. The van der Waals surface area contributed by atoms with Gasteiger partial charge in [-0.05, 0) is 37.0 Å². The molecule has 2 aliphatic heterocycles. The maximum Gasteiger partial charge on any atom is 0.254 e. The molecule has 10 heteroatoms. The number of amides is 1. The predicted octanol–water partition coefficient (Wildman–Crippen LogP) is 0.536. The van der Waals surface area contributed by atoms with Crippen LogP contribution in [0.1, 0.15) is 29.6 Å². The van der Waals surface area contributed by atoms with Crippen molar-refractivity contribution in [3.63, 3.8) is 0 Å². The van der Waals surface area contributed by atoms with Gasteiger partial charge >= 0.3 is 0 Å². The molecular weight excluding hydrogens is 394 g/mol. The minimum atomic E-state index is -3.20. The Balaban J connectivity index is 1.09. The van der Waals surface area contributed by atoms with Gasteiger partial charge in [-0.15, -0.1) is 0 Å². The molecule has 1 aliphatic carbocycles. The molecule has 1 unspecified atom stereocenters. The van der Waals surface area contributed by atoms with Crippen LogP contribution in [0.25, 0.3) is 5.78 Å². The first-order valence-electron chi connectivity index (χ1n) is 10.2. The number of hydrogen-bond donors (Lipinski definition) is 1. The highest BCUT2D eigenvalue weighted by atomic mass is 32.2.